The molecule has 0 bridgehead atoms. The summed E-state index contributed by atoms with van der Waals surface area (Å²) in [6.45, 7) is 3.18. The number of nitrogens with zero attached hydrogens (tertiary/aromatic N) is 3. The minimum atomic E-state index is -3.13. The first-order valence-electron chi connectivity index (χ1n) is 9.10. The summed E-state index contributed by atoms with van der Waals surface area (Å²) in [5, 5.41) is 0. The molecular weight excluding hydrogens is 346 g/mol. The molecule has 1 aliphatic heterocycles. The molecule has 1 aromatic heterocycles. The lowest BCUT2D eigenvalue weighted by Crippen LogP contribution is -2.34. The maximum Gasteiger partial charge on any atom is 0.175 e. The monoisotopic (exact) mass is 373 g/mol. The summed E-state index contributed by atoms with van der Waals surface area (Å²) in [6, 6.07) is 11.3. The van der Waals surface area contributed by atoms with Crippen molar-refractivity contribution in [1.82, 2.24) is 4.98 Å². The van der Waals surface area contributed by atoms with Gasteiger partial charge in [-0.25, -0.2) is 8.42 Å². The summed E-state index contributed by atoms with van der Waals surface area (Å²) >= 11 is 0. The minimum absolute atomic E-state index is 0.373. The highest BCUT2D eigenvalue weighted by molar-refractivity contribution is 7.90. The Morgan fingerprint density at radius 3 is 2.27 bits per heavy atom. The van der Waals surface area contributed by atoms with E-state index in [0.29, 0.717) is 4.90 Å². The molecule has 5 nitrogen and oxygen atoms in total. The maximum absolute atomic E-state index is 11.6. The van der Waals surface area contributed by atoms with Crippen molar-refractivity contribution in [1.29, 1.82) is 0 Å². The molecule has 3 rings (SSSR count). The van der Waals surface area contributed by atoms with Crippen LogP contribution in [0.25, 0.3) is 0 Å². The fourth-order valence-electron chi connectivity index (χ4n) is 3.49. The second-order valence-corrected chi connectivity index (χ2v) is 9.13. The molecule has 140 valence electrons. The van der Waals surface area contributed by atoms with Crippen LogP contribution in [0.3, 0.4) is 0 Å². The van der Waals surface area contributed by atoms with Gasteiger partial charge in [-0.2, -0.15) is 0 Å². The molecule has 0 unspecified atom stereocenters. The van der Waals surface area contributed by atoms with E-state index in [4.69, 9.17) is 0 Å². The maximum atomic E-state index is 11.6. The highest BCUT2D eigenvalue weighted by atomic mass is 32.2. The molecule has 1 aromatic carbocycles. The van der Waals surface area contributed by atoms with E-state index < -0.39 is 9.84 Å². The molecular formula is C20H27N3O2S. The molecule has 2 aromatic rings. The highest BCUT2D eigenvalue weighted by Gasteiger charge is 2.19. The van der Waals surface area contributed by atoms with Gasteiger partial charge in [0.05, 0.1) is 4.90 Å². The molecule has 0 radical (unpaired) electrons. The van der Waals surface area contributed by atoms with Crippen LogP contribution in [0.5, 0.6) is 0 Å². The van der Waals surface area contributed by atoms with Crippen molar-refractivity contribution >= 4 is 21.2 Å². The van der Waals surface area contributed by atoms with Gasteiger partial charge in [-0.3, -0.25) is 4.98 Å². The number of benzene rings is 1. The Morgan fingerprint density at radius 2 is 1.69 bits per heavy atom. The molecule has 1 aliphatic rings. The SMILES string of the molecule is CN(CCC1CCN(c2ccncc2)CC1)c1ccc(S(C)(=O)=O)cc1. The van der Waals surface area contributed by atoms with Gasteiger partial charge in [0.1, 0.15) is 0 Å². The molecule has 26 heavy (non-hydrogen) atoms. The zero-order chi connectivity index (χ0) is 18.6. The van der Waals surface area contributed by atoms with Crippen LogP contribution in [0.4, 0.5) is 11.4 Å². The predicted octanol–water partition coefficient (Wildman–Crippen LogP) is 3.23. The smallest absolute Gasteiger partial charge is 0.175 e. The number of anilines is 2. The molecule has 0 spiro atoms. The van der Waals surface area contributed by atoms with Crippen LogP contribution in [-0.2, 0) is 9.84 Å². The van der Waals surface area contributed by atoms with E-state index in [-0.39, 0.29) is 0 Å². The molecule has 0 atom stereocenters. The third-order valence-corrected chi connectivity index (χ3v) is 6.35. The third-order valence-electron chi connectivity index (χ3n) is 5.22. The Hall–Kier alpha value is -2.08. The van der Waals surface area contributed by atoms with Crippen LogP contribution >= 0.6 is 0 Å². The van der Waals surface area contributed by atoms with E-state index in [1.807, 2.05) is 24.5 Å². The molecule has 0 saturated carbocycles. The number of aromatic nitrogens is 1. The first kappa shape index (κ1) is 18.7. The Kier molecular flexibility index (Phi) is 5.81. The number of piperidine rings is 1. The predicted molar refractivity (Wildman–Crippen MR) is 107 cm³/mol. The van der Waals surface area contributed by atoms with Crippen LogP contribution in [0.2, 0.25) is 0 Å². The van der Waals surface area contributed by atoms with Crippen molar-refractivity contribution in [3.63, 3.8) is 0 Å². The summed E-state index contributed by atoms with van der Waals surface area (Å²) in [6.07, 6.45) is 8.53. The fourth-order valence-corrected chi connectivity index (χ4v) is 4.12. The van der Waals surface area contributed by atoms with Gasteiger partial charge in [-0.05, 0) is 61.6 Å². The molecule has 0 N–H and O–H groups in total. The zero-order valence-corrected chi connectivity index (χ0v) is 16.3. The van der Waals surface area contributed by atoms with Crippen molar-refractivity contribution in [3.05, 3.63) is 48.8 Å². The second kappa shape index (κ2) is 8.08. The first-order valence-corrected chi connectivity index (χ1v) is 11.0. The van der Waals surface area contributed by atoms with Crippen molar-refractivity contribution in [2.24, 2.45) is 5.92 Å². The lowest BCUT2D eigenvalue weighted by atomic mass is 9.93. The van der Waals surface area contributed by atoms with Crippen LogP contribution in [0, 0.1) is 5.92 Å². The number of rotatable bonds is 6. The minimum Gasteiger partial charge on any atom is -0.375 e. The van der Waals surface area contributed by atoms with Crippen molar-refractivity contribution in [3.8, 4) is 0 Å². The molecule has 2 heterocycles. The van der Waals surface area contributed by atoms with E-state index >= 15 is 0 Å². The summed E-state index contributed by atoms with van der Waals surface area (Å²) in [5.74, 6) is 0.742. The van der Waals surface area contributed by atoms with E-state index in [1.165, 1.54) is 24.8 Å². The molecule has 0 amide bonds. The van der Waals surface area contributed by atoms with Gasteiger partial charge in [-0.1, -0.05) is 0 Å². The number of hydrogen-bond acceptors (Lipinski definition) is 5. The standard InChI is InChI=1S/C20H27N3O2S/c1-22(18-3-5-20(6-4-18)26(2,24)25)14-9-17-10-15-23(16-11-17)19-7-12-21-13-8-19/h3-8,12-13,17H,9-11,14-16H2,1-2H3. The quantitative estimate of drug-likeness (QED) is 0.778. The van der Waals surface area contributed by atoms with Crippen LogP contribution < -0.4 is 9.80 Å². The number of pyridine rings is 1. The van der Waals surface area contributed by atoms with Crippen molar-refractivity contribution in [2.75, 3.05) is 42.7 Å². The number of sulfone groups is 1. The van der Waals surface area contributed by atoms with Gasteiger partial charge < -0.3 is 9.80 Å². The van der Waals surface area contributed by atoms with Gasteiger partial charge in [0.25, 0.3) is 0 Å². The van der Waals surface area contributed by atoms with Crippen LogP contribution in [0.1, 0.15) is 19.3 Å². The van der Waals surface area contributed by atoms with E-state index in [2.05, 4.69) is 34.0 Å². The van der Waals surface area contributed by atoms with Gasteiger partial charge in [0.15, 0.2) is 9.84 Å². The van der Waals surface area contributed by atoms with Crippen molar-refractivity contribution < 1.29 is 8.42 Å². The van der Waals surface area contributed by atoms with Crippen molar-refractivity contribution in [2.45, 2.75) is 24.2 Å². The van der Waals surface area contributed by atoms with Gasteiger partial charge in [-0.15, -0.1) is 0 Å². The largest absolute Gasteiger partial charge is 0.375 e. The summed E-state index contributed by atoms with van der Waals surface area (Å²) in [4.78, 5) is 9.11. The van der Waals surface area contributed by atoms with E-state index in [0.717, 1.165) is 37.7 Å². The summed E-state index contributed by atoms with van der Waals surface area (Å²) in [5.41, 5.74) is 2.33. The zero-order valence-electron chi connectivity index (χ0n) is 15.5. The van der Waals surface area contributed by atoms with E-state index in [1.54, 1.807) is 12.1 Å². The van der Waals surface area contributed by atoms with Gasteiger partial charge in [0, 0.05) is 56.7 Å². The third kappa shape index (κ3) is 4.75. The van der Waals surface area contributed by atoms with Crippen LogP contribution in [-0.4, -0.2) is 46.3 Å². The Balaban J connectivity index is 1.47. The lowest BCUT2D eigenvalue weighted by Gasteiger charge is -2.34. The van der Waals surface area contributed by atoms with Gasteiger partial charge in [0.2, 0.25) is 0 Å². The molecule has 6 heteroatoms. The average Bonchev–Trinajstić information content (AvgIpc) is 2.66. The topological polar surface area (TPSA) is 53.5 Å². The average molecular weight is 374 g/mol. The first-order chi connectivity index (χ1) is 12.4. The summed E-state index contributed by atoms with van der Waals surface area (Å²) < 4.78 is 23.1. The van der Waals surface area contributed by atoms with E-state index in [9.17, 15) is 8.42 Å². The number of hydrogen-bond donors (Lipinski definition) is 0. The van der Waals surface area contributed by atoms with Crippen LogP contribution in [0.15, 0.2) is 53.7 Å². The normalized spacial score (nSPS) is 15.8. The molecule has 1 saturated heterocycles. The highest BCUT2D eigenvalue weighted by Crippen LogP contribution is 2.25. The van der Waals surface area contributed by atoms with Gasteiger partial charge >= 0.3 is 0 Å². The molecule has 0 aliphatic carbocycles. The second-order valence-electron chi connectivity index (χ2n) is 7.11. The Bertz CT molecular complexity index is 799. The Labute approximate surface area is 156 Å². The summed E-state index contributed by atoms with van der Waals surface area (Å²) in [7, 11) is -1.06. The lowest BCUT2D eigenvalue weighted by molar-refractivity contribution is 0.384. The molecule has 1 fully saturated rings. The Morgan fingerprint density at radius 1 is 1.08 bits per heavy atom. The fraction of sp³-hybridized carbons (Fsp3) is 0.450.